The van der Waals surface area contributed by atoms with Gasteiger partial charge in [-0.1, -0.05) is 32.8 Å². The lowest BCUT2D eigenvalue weighted by molar-refractivity contribution is 0.0692. The fourth-order valence-electron chi connectivity index (χ4n) is 2.52. The van der Waals surface area contributed by atoms with Crippen LogP contribution in [0.2, 0.25) is 0 Å². The van der Waals surface area contributed by atoms with Crippen molar-refractivity contribution in [2.75, 3.05) is 24.6 Å². The first kappa shape index (κ1) is 13.7. The van der Waals surface area contributed by atoms with Gasteiger partial charge in [0.25, 0.3) is 0 Å². The molecule has 0 aromatic heterocycles. The van der Waals surface area contributed by atoms with E-state index in [1.807, 2.05) is 6.07 Å². The predicted molar refractivity (Wildman–Crippen MR) is 75.2 cm³/mol. The number of nitrogens with zero attached hydrogens (tertiary/aromatic N) is 1. The van der Waals surface area contributed by atoms with E-state index in [9.17, 15) is 9.90 Å². The number of carboxylic acids is 1. The normalized spacial score (nSPS) is 14.2. The number of fused-ring (bicyclic) bond motifs is 1. The Bertz CT molecular complexity index is 455. The van der Waals surface area contributed by atoms with Gasteiger partial charge in [0, 0.05) is 6.54 Å². The first-order valence-electron chi connectivity index (χ1n) is 6.91. The van der Waals surface area contributed by atoms with Crippen molar-refractivity contribution in [3.63, 3.8) is 0 Å². The summed E-state index contributed by atoms with van der Waals surface area (Å²) in [5.74, 6) is 0.230. The van der Waals surface area contributed by atoms with Gasteiger partial charge in [-0.15, -0.1) is 0 Å². The van der Waals surface area contributed by atoms with Gasteiger partial charge in [0.15, 0.2) is 5.75 Å². The van der Waals surface area contributed by atoms with Crippen LogP contribution in [0, 0.1) is 5.92 Å². The molecule has 0 spiro atoms. The zero-order valence-electron chi connectivity index (χ0n) is 11.6. The molecule has 1 aliphatic heterocycles. The van der Waals surface area contributed by atoms with Gasteiger partial charge in [0.2, 0.25) is 0 Å². The lowest BCUT2D eigenvalue weighted by atomic mass is 10.0. The number of aromatic carboxylic acids is 1. The van der Waals surface area contributed by atoms with Crippen molar-refractivity contribution in [3.05, 3.63) is 23.8 Å². The highest BCUT2D eigenvalue weighted by Crippen LogP contribution is 2.35. The van der Waals surface area contributed by atoms with E-state index >= 15 is 0 Å². The highest BCUT2D eigenvalue weighted by molar-refractivity contribution is 5.93. The van der Waals surface area contributed by atoms with Crippen molar-refractivity contribution in [2.45, 2.75) is 26.7 Å². The van der Waals surface area contributed by atoms with Gasteiger partial charge in [-0.3, -0.25) is 0 Å². The summed E-state index contributed by atoms with van der Waals surface area (Å²) in [6.07, 6.45) is 2.28. The van der Waals surface area contributed by atoms with Gasteiger partial charge in [0.05, 0.1) is 12.2 Å². The summed E-state index contributed by atoms with van der Waals surface area (Å²) in [5.41, 5.74) is 1.17. The smallest absolute Gasteiger partial charge is 0.339 e. The molecule has 0 bridgehead atoms. The van der Waals surface area contributed by atoms with Crippen molar-refractivity contribution in [3.8, 4) is 5.75 Å². The minimum Gasteiger partial charge on any atom is -0.489 e. The molecule has 4 heteroatoms. The molecular weight excluding hydrogens is 242 g/mol. The number of carbonyl (C=O) groups is 1. The third-order valence-electron chi connectivity index (χ3n) is 3.81. The molecule has 0 atom stereocenters. The van der Waals surface area contributed by atoms with Crippen LogP contribution in [0.25, 0.3) is 0 Å². The van der Waals surface area contributed by atoms with E-state index in [4.69, 9.17) is 4.74 Å². The van der Waals surface area contributed by atoms with E-state index in [1.165, 1.54) is 0 Å². The number of rotatable bonds is 5. The Morgan fingerprint density at radius 2 is 2.16 bits per heavy atom. The first-order valence-corrected chi connectivity index (χ1v) is 6.91. The molecule has 1 aliphatic rings. The standard InChI is InChI=1S/C15H21NO3/c1-3-11(4-2)10-16-8-9-19-14-12(15(17)18)6-5-7-13(14)16/h5-7,11H,3-4,8-10H2,1-2H3,(H,17,18). The molecule has 1 aromatic rings. The Kier molecular flexibility index (Phi) is 4.30. The maximum absolute atomic E-state index is 11.2. The molecule has 0 amide bonds. The monoisotopic (exact) mass is 263 g/mol. The molecule has 1 heterocycles. The number of hydrogen-bond donors (Lipinski definition) is 1. The maximum atomic E-state index is 11.2. The lowest BCUT2D eigenvalue weighted by Gasteiger charge is -2.34. The second-order valence-electron chi connectivity index (χ2n) is 4.94. The highest BCUT2D eigenvalue weighted by Gasteiger charge is 2.24. The molecule has 19 heavy (non-hydrogen) atoms. The van der Waals surface area contributed by atoms with Crippen LogP contribution >= 0.6 is 0 Å². The van der Waals surface area contributed by atoms with Crippen molar-refractivity contribution >= 4 is 11.7 Å². The van der Waals surface area contributed by atoms with Crippen LogP contribution < -0.4 is 9.64 Å². The van der Waals surface area contributed by atoms with Crippen LogP contribution in [0.3, 0.4) is 0 Å². The summed E-state index contributed by atoms with van der Waals surface area (Å²) >= 11 is 0. The number of anilines is 1. The van der Waals surface area contributed by atoms with Crippen LogP contribution in [0.1, 0.15) is 37.0 Å². The van der Waals surface area contributed by atoms with E-state index in [0.717, 1.165) is 31.6 Å². The van der Waals surface area contributed by atoms with E-state index in [2.05, 4.69) is 18.7 Å². The Labute approximate surface area is 114 Å². The number of benzene rings is 1. The quantitative estimate of drug-likeness (QED) is 0.887. The molecule has 0 saturated carbocycles. The summed E-state index contributed by atoms with van der Waals surface area (Å²) in [6, 6.07) is 5.34. The highest BCUT2D eigenvalue weighted by atomic mass is 16.5. The molecule has 0 aliphatic carbocycles. The van der Waals surface area contributed by atoms with Crippen molar-refractivity contribution in [1.29, 1.82) is 0 Å². The number of para-hydroxylation sites is 1. The van der Waals surface area contributed by atoms with E-state index in [1.54, 1.807) is 12.1 Å². The Morgan fingerprint density at radius 3 is 2.79 bits per heavy atom. The third-order valence-corrected chi connectivity index (χ3v) is 3.81. The van der Waals surface area contributed by atoms with E-state index in [-0.39, 0.29) is 5.56 Å². The van der Waals surface area contributed by atoms with Gasteiger partial charge >= 0.3 is 5.97 Å². The fourth-order valence-corrected chi connectivity index (χ4v) is 2.52. The number of ether oxygens (including phenoxy) is 1. The molecule has 2 rings (SSSR count). The van der Waals surface area contributed by atoms with E-state index in [0.29, 0.717) is 18.3 Å². The SMILES string of the molecule is CCC(CC)CN1CCOc2c(C(=O)O)cccc21. The molecule has 0 unspecified atom stereocenters. The molecule has 104 valence electrons. The molecule has 0 saturated heterocycles. The summed E-state index contributed by atoms with van der Waals surface area (Å²) in [7, 11) is 0. The van der Waals surface area contributed by atoms with E-state index < -0.39 is 5.97 Å². The minimum absolute atomic E-state index is 0.256. The van der Waals surface area contributed by atoms with Crippen LogP contribution in [0.5, 0.6) is 5.75 Å². The fraction of sp³-hybridized carbons (Fsp3) is 0.533. The molecular formula is C15H21NO3. The third kappa shape index (κ3) is 2.83. The maximum Gasteiger partial charge on any atom is 0.339 e. The van der Waals surface area contributed by atoms with Gasteiger partial charge < -0.3 is 14.7 Å². The van der Waals surface area contributed by atoms with Crippen LogP contribution in [0.4, 0.5) is 5.69 Å². The van der Waals surface area contributed by atoms with Crippen molar-refractivity contribution in [1.82, 2.24) is 0 Å². The van der Waals surface area contributed by atoms with Gasteiger partial charge in [-0.25, -0.2) is 4.79 Å². The van der Waals surface area contributed by atoms with Gasteiger partial charge in [0.1, 0.15) is 12.2 Å². The van der Waals surface area contributed by atoms with Gasteiger partial charge in [-0.05, 0) is 18.1 Å². The Morgan fingerprint density at radius 1 is 1.42 bits per heavy atom. The lowest BCUT2D eigenvalue weighted by Crippen LogP contribution is -2.36. The zero-order chi connectivity index (χ0) is 13.8. The summed E-state index contributed by atoms with van der Waals surface area (Å²) in [5, 5.41) is 9.20. The minimum atomic E-state index is -0.929. The molecule has 1 aromatic carbocycles. The molecule has 0 radical (unpaired) electrons. The van der Waals surface area contributed by atoms with Crippen LogP contribution in [-0.2, 0) is 0 Å². The van der Waals surface area contributed by atoms with Crippen LogP contribution in [-0.4, -0.2) is 30.8 Å². The second kappa shape index (κ2) is 5.95. The second-order valence-corrected chi connectivity index (χ2v) is 4.94. The zero-order valence-corrected chi connectivity index (χ0v) is 11.6. The summed E-state index contributed by atoms with van der Waals surface area (Å²) in [6.45, 7) is 6.74. The van der Waals surface area contributed by atoms with Crippen molar-refractivity contribution < 1.29 is 14.6 Å². The van der Waals surface area contributed by atoms with Gasteiger partial charge in [-0.2, -0.15) is 0 Å². The molecule has 0 fully saturated rings. The number of carboxylic acid groups (broad SMARTS) is 1. The first-order chi connectivity index (χ1) is 9.17. The number of hydrogen-bond acceptors (Lipinski definition) is 3. The van der Waals surface area contributed by atoms with Crippen LogP contribution in [0.15, 0.2) is 18.2 Å². The predicted octanol–water partition coefficient (Wildman–Crippen LogP) is 3.02. The average Bonchev–Trinajstić information content (AvgIpc) is 2.44. The topological polar surface area (TPSA) is 49.8 Å². The Hall–Kier alpha value is -1.71. The summed E-state index contributed by atoms with van der Waals surface area (Å²) in [4.78, 5) is 13.5. The van der Waals surface area contributed by atoms with Crippen molar-refractivity contribution in [2.24, 2.45) is 5.92 Å². The summed E-state index contributed by atoms with van der Waals surface area (Å²) < 4.78 is 5.57. The largest absolute Gasteiger partial charge is 0.489 e. The molecule has 1 N–H and O–H groups in total. The average molecular weight is 263 g/mol. The molecule has 4 nitrogen and oxygen atoms in total. The Balaban J connectivity index is 2.29.